The number of benzene rings is 2. The average Bonchev–Trinajstić information content (AvgIpc) is 2.51. The maximum Gasteiger partial charge on any atom is 0.429 e. The lowest BCUT2D eigenvalue weighted by Gasteiger charge is -2.19. The molecule has 0 saturated carbocycles. The second-order valence-corrected chi connectivity index (χ2v) is 4.96. The molecule has 0 N–H and O–H groups in total. The molecule has 0 radical (unpaired) electrons. The minimum absolute atomic E-state index is 0.134. The predicted molar refractivity (Wildman–Crippen MR) is 77.9 cm³/mol. The van der Waals surface area contributed by atoms with Gasteiger partial charge in [-0.25, -0.2) is 4.39 Å². The Kier molecular flexibility index (Phi) is 5.13. The van der Waals surface area contributed by atoms with E-state index in [0.717, 1.165) is 37.6 Å². The van der Waals surface area contributed by atoms with Crippen LogP contribution in [0.25, 0.3) is 0 Å². The third kappa shape index (κ3) is 3.75. The highest BCUT2D eigenvalue weighted by Crippen LogP contribution is 2.36. The van der Waals surface area contributed by atoms with Crippen LogP contribution in [-0.2, 0) is 12.5 Å². The molecule has 0 saturated heterocycles. The summed E-state index contributed by atoms with van der Waals surface area (Å²) in [6, 6.07) is 7.71. The van der Waals surface area contributed by atoms with E-state index in [1.54, 1.807) is 12.1 Å². The Hall–Kier alpha value is -2.24. The second-order valence-electron chi connectivity index (χ2n) is 4.96. The first-order valence-electron chi connectivity index (χ1n) is 7.07. The number of hydrogen-bond donors (Lipinski definition) is 0. The molecule has 23 heavy (non-hydrogen) atoms. The number of methoxy groups -OCH3 is 1. The van der Waals surface area contributed by atoms with Crippen LogP contribution in [0.15, 0.2) is 36.4 Å². The van der Waals surface area contributed by atoms with Crippen molar-refractivity contribution < 1.29 is 27.0 Å². The lowest BCUT2D eigenvalue weighted by Crippen LogP contribution is -2.24. The highest BCUT2D eigenvalue weighted by molar-refractivity contribution is 5.34. The zero-order valence-corrected chi connectivity index (χ0v) is 12.7. The summed E-state index contributed by atoms with van der Waals surface area (Å²) in [6.45, 7) is 2.00. The first kappa shape index (κ1) is 17.1. The summed E-state index contributed by atoms with van der Waals surface area (Å²) < 4.78 is 64.7. The maximum absolute atomic E-state index is 14.1. The number of rotatable bonds is 6. The molecule has 0 aromatic heterocycles. The molecular weight excluding hydrogens is 312 g/mol. The summed E-state index contributed by atoms with van der Waals surface area (Å²) in [4.78, 5) is 0. The highest BCUT2D eigenvalue weighted by atomic mass is 19.3. The van der Waals surface area contributed by atoms with Gasteiger partial charge in [-0.1, -0.05) is 25.5 Å². The third-order valence-corrected chi connectivity index (χ3v) is 3.29. The first-order valence-corrected chi connectivity index (χ1v) is 7.07. The number of alkyl halides is 2. The molecule has 0 aliphatic rings. The van der Waals surface area contributed by atoms with Crippen LogP contribution in [0.5, 0.6) is 11.5 Å². The topological polar surface area (TPSA) is 18.5 Å². The van der Waals surface area contributed by atoms with Crippen LogP contribution < -0.4 is 9.47 Å². The molecule has 0 heterocycles. The molecule has 0 aliphatic carbocycles. The number of ether oxygens (including phenoxy) is 2. The van der Waals surface area contributed by atoms with Gasteiger partial charge in [-0.2, -0.15) is 13.2 Å². The van der Waals surface area contributed by atoms with Crippen molar-refractivity contribution in [1.29, 1.82) is 0 Å². The van der Waals surface area contributed by atoms with Crippen molar-refractivity contribution in [2.24, 2.45) is 0 Å². The van der Waals surface area contributed by atoms with E-state index in [0.29, 0.717) is 0 Å². The van der Waals surface area contributed by atoms with Crippen LogP contribution in [0, 0.1) is 11.6 Å². The van der Waals surface area contributed by atoms with Gasteiger partial charge in [0.05, 0.1) is 7.11 Å². The summed E-state index contributed by atoms with van der Waals surface area (Å²) in [5, 5.41) is 0. The van der Waals surface area contributed by atoms with E-state index in [1.807, 2.05) is 6.92 Å². The van der Waals surface area contributed by atoms with Gasteiger partial charge < -0.3 is 9.47 Å². The summed E-state index contributed by atoms with van der Waals surface area (Å²) in [6.07, 6.45) is -2.27. The fourth-order valence-electron chi connectivity index (χ4n) is 2.13. The van der Waals surface area contributed by atoms with E-state index < -0.39 is 29.1 Å². The number of halogens is 4. The second kappa shape index (κ2) is 6.89. The van der Waals surface area contributed by atoms with E-state index in [4.69, 9.17) is 0 Å². The molecule has 0 bridgehead atoms. The van der Waals surface area contributed by atoms with E-state index in [-0.39, 0.29) is 5.75 Å². The summed E-state index contributed by atoms with van der Waals surface area (Å²) >= 11 is 0. The van der Waals surface area contributed by atoms with Crippen molar-refractivity contribution in [2.75, 3.05) is 7.11 Å². The molecule has 2 aromatic carbocycles. The third-order valence-electron chi connectivity index (χ3n) is 3.29. The van der Waals surface area contributed by atoms with Crippen molar-refractivity contribution in [3.05, 3.63) is 59.2 Å². The van der Waals surface area contributed by atoms with Crippen LogP contribution in [-0.4, -0.2) is 7.11 Å². The van der Waals surface area contributed by atoms with Crippen molar-refractivity contribution in [3.63, 3.8) is 0 Å². The van der Waals surface area contributed by atoms with Crippen LogP contribution >= 0.6 is 0 Å². The largest absolute Gasteiger partial charge is 0.494 e. The molecule has 0 amide bonds. The first-order chi connectivity index (χ1) is 10.9. The van der Waals surface area contributed by atoms with Gasteiger partial charge >= 0.3 is 6.11 Å². The van der Waals surface area contributed by atoms with E-state index >= 15 is 0 Å². The molecule has 0 spiro atoms. The van der Waals surface area contributed by atoms with Gasteiger partial charge in [0.15, 0.2) is 11.6 Å². The Labute approximate surface area is 131 Å². The van der Waals surface area contributed by atoms with Gasteiger partial charge in [-0.3, -0.25) is 0 Å². The standard InChI is InChI=1S/C17H16F4O2/c1-3-4-11-5-7-12(8-6-11)23-17(20,21)13-9-10-14(22-2)16(19)15(13)18/h5-10H,3-4H2,1-2H3. The molecule has 0 aliphatic heterocycles. The molecule has 2 nitrogen and oxygen atoms in total. The molecule has 0 fully saturated rings. The highest BCUT2D eigenvalue weighted by Gasteiger charge is 2.39. The molecule has 6 heteroatoms. The summed E-state index contributed by atoms with van der Waals surface area (Å²) in [5.41, 5.74) is -0.210. The monoisotopic (exact) mass is 328 g/mol. The zero-order valence-electron chi connectivity index (χ0n) is 12.7. The van der Waals surface area contributed by atoms with E-state index in [1.165, 1.54) is 12.1 Å². The van der Waals surface area contributed by atoms with Gasteiger partial charge in [0, 0.05) is 0 Å². The molecule has 2 rings (SSSR count). The lowest BCUT2D eigenvalue weighted by molar-refractivity contribution is -0.187. The molecule has 2 aromatic rings. The van der Waals surface area contributed by atoms with Gasteiger partial charge in [-0.05, 0) is 36.2 Å². The Bertz CT molecular complexity index is 669. The van der Waals surface area contributed by atoms with Crippen LogP contribution in [0.1, 0.15) is 24.5 Å². The van der Waals surface area contributed by atoms with Gasteiger partial charge in [0.2, 0.25) is 5.82 Å². The van der Waals surface area contributed by atoms with Gasteiger partial charge in [0.25, 0.3) is 0 Å². The van der Waals surface area contributed by atoms with Crippen LogP contribution in [0.2, 0.25) is 0 Å². The normalized spacial score (nSPS) is 11.4. The van der Waals surface area contributed by atoms with Gasteiger partial charge in [0.1, 0.15) is 11.3 Å². The SMILES string of the molecule is CCCc1ccc(OC(F)(F)c2ccc(OC)c(F)c2F)cc1. The van der Waals surface area contributed by atoms with Crippen LogP contribution in [0.4, 0.5) is 17.6 Å². The Morgan fingerprint density at radius 1 is 0.957 bits per heavy atom. The minimum Gasteiger partial charge on any atom is -0.494 e. The Balaban J connectivity index is 2.26. The minimum atomic E-state index is -4.01. The molecular formula is C17H16F4O2. The average molecular weight is 328 g/mol. The summed E-state index contributed by atoms with van der Waals surface area (Å²) in [5.74, 6) is -3.76. The lowest BCUT2D eigenvalue weighted by atomic mass is 10.1. The number of aryl methyl sites for hydroxylation is 1. The van der Waals surface area contributed by atoms with Crippen molar-refractivity contribution >= 4 is 0 Å². The fourth-order valence-corrected chi connectivity index (χ4v) is 2.13. The van der Waals surface area contributed by atoms with Crippen LogP contribution in [0.3, 0.4) is 0 Å². The smallest absolute Gasteiger partial charge is 0.429 e. The van der Waals surface area contributed by atoms with Crippen molar-refractivity contribution in [2.45, 2.75) is 25.9 Å². The van der Waals surface area contributed by atoms with Crippen molar-refractivity contribution in [3.8, 4) is 11.5 Å². The maximum atomic E-state index is 14.1. The molecule has 124 valence electrons. The molecule has 0 atom stereocenters. The zero-order chi connectivity index (χ0) is 17.0. The Morgan fingerprint density at radius 2 is 1.61 bits per heavy atom. The fraction of sp³-hybridized carbons (Fsp3) is 0.294. The van der Waals surface area contributed by atoms with E-state index in [2.05, 4.69) is 9.47 Å². The Morgan fingerprint density at radius 3 is 2.17 bits per heavy atom. The van der Waals surface area contributed by atoms with Crippen molar-refractivity contribution in [1.82, 2.24) is 0 Å². The van der Waals surface area contributed by atoms with Gasteiger partial charge in [-0.15, -0.1) is 0 Å². The molecule has 0 unspecified atom stereocenters. The van der Waals surface area contributed by atoms with E-state index in [9.17, 15) is 17.6 Å². The summed E-state index contributed by atoms with van der Waals surface area (Å²) in [7, 11) is 1.12. The predicted octanol–water partition coefficient (Wildman–Crippen LogP) is 5.05. The number of hydrogen-bond acceptors (Lipinski definition) is 2. The quantitative estimate of drug-likeness (QED) is 0.691.